The molecule has 12 aromatic rings. The summed E-state index contributed by atoms with van der Waals surface area (Å²) in [6, 6.07) is 94.0. The van der Waals surface area contributed by atoms with Gasteiger partial charge in [-0.1, -0.05) is 182 Å². The van der Waals surface area contributed by atoms with Gasteiger partial charge in [0.1, 0.15) is 11.2 Å². The first-order valence-electron chi connectivity index (χ1n) is 22.6. The van der Waals surface area contributed by atoms with Crippen LogP contribution in [0.3, 0.4) is 0 Å². The number of fused-ring (bicyclic) bond motifs is 4. The van der Waals surface area contributed by atoms with Gasteiger partial charge < -0.3 is 9.32 Å². The molecule has 0 N–H and O–H groups in total. The number of rotatable bonds is 9. The molecule has 0 unspecified atom stereocenters. The number of benzene rings is 11. The van der Waals surface area contributed by atoms with Gasteiger partial charge >= 0.3 is 0 Å². The zero-order valence-corrected chi connectivity index (χ0v) is 36.2. The summed E-state index contributed by atoms with van der Waals surface area (Å²) in [7, 11) is 0. The Morgan fingerprint density at radius 2 is 0.621 bits per heavy atom. The van der Waals surface area contributed by atoms with E-state index < -0.39 is 0 Å². The number of para-hydroxylation sites is 1. The van der Waals surface area contributed by atoms with Gasteiger partial charge in [0.05, 0.1) is 0 Å². The molecule has 2 nitrogen and oxygen atoms in total. The van der Waals surface area contributed by atoms with E-state index in [4.69, 9.17) is 4.42 Å². The van der Waals surface area contributed by atoms with Crippen molar-refractivity contribution in [3.05, 3.63) is 261 Å². The molecule has 0 saturated heterocycles. The summed E-state index contributed by atoms with van der Waals surface area (Å²) in [5.74, 6) is 0. The predicted molar refractivity (Wildman–Crippen MR) is 279 cm³/mol. The van der Waals surface area contributed by atoms with Gasteiger partial charge in [0.15, 0.2) is 0 Å². The topological polar surface area (TPSA) is 16.4 Å². The summed E-state index contributed by atoms with van der Waals surface area (Å²) in [5.41, 5.74) is 19.3. The molecule has 0 atom stereocenters. The first-order chi connectivity index (χ1) is 32.7. The van der Waals surface area contributed by atoms with E-state index >= 15 is 0 Å². The minimum absolute atomic E-state index is 0.901. The molecule has 0 aliphatic heterocycles. The van der Waals surface area contributed by atoms with Gasteiger partial charge in [0, 0.05) is 27.8 Å². The van der Waals surface area contributed by atoms with Crippen LogP contribution in [0, 0.1) is 0 Å². The summed E-state index contributed by atoms with van der Waals surface area (Å²) in [5, 5.41) is 4.77. The molecule has 0 aliphatic carbocycles. The molecule has 2 heteroatoms. The smallest absolute Gasteiger partial charge is 0.135 e. The van der Waals surface area contributed by atoms with Crippen molar-refractivity contribution in [3.8, 4) is 66.8 Å². The van der Waals surface area contributed by atoms with E-state index in [1.54, 1.807) is 0 Å². The maximum atomic E-state index is 6.15. The third-order valence-corrected chi connectivity index (χ3v) is 12.9. The van der Waals surface area contributed by atoms with E-state index in [0.717, 1.165) is 55.7 Å². The van der Waals surface area contributed by atoms with Crippen LogP contribution in [-0.2, 0) is 0 Å². The lowest BCUT2D eigenvalue weighted by Crippen LogP contribution is -2.09. The Kier molecular flexibility index (Phi) is 9.89. The van der Waals surface area contributed by atoms with E-state index in [0.29, 0.717) is 0 Å². The maximum absolute atomic E-state index is 6.15. The minimum atomic E-state index is 0.901. The molecular formula is C64H43NO. The molecule has 310 valence electrons. The van der Waals surface area contributed by atoms with Crippen molar-refractivity contribution >= 4 is 49.8 Å². The lowest BCUT2D eigenvalue weighted by atomic mass is 9.93. The molecule has 0 aliphatic rings. The van der Waals surface area contributed by atoms with Crippen LogP contribution in [0.15, 0.2) is 265 Å². The average Bonchev–Trinajstić information content (AvgIpc) is 3.78. The number of hydrogen-bond donors (Lipinski definition) is 0. The Labute approximate surface area is 384 Å². The number of anilines is 3. The van der Waals surface area contributed by atoms with E-state index in [2.05, 4.69) is 254 Å². The Bertz CT molecular complexity index is 3600. The highest BCUT2D eigenvalue weighted by Gasteiger charge is 2.16. The van der Waals surface area contributed by atoms with Crippen LogP contribution in [-0.4, -0.2) is 0 Å². The van der Waals surface area contributed by atoms with Gasteiger partial charge in [-0.15, -0.1) is 0 Å². The molecule has 11 aromatic carbocycles. The van der Waals surface area contributed by atoms with Crippen molar-refractivity contribution in [2.75, 3.05) is 4.90 Å². The summed E-state index contributed by atoms with van der Waals surface area (Å²) >= 11 is 0. The van der Waals surface area contributed by atoms with Gasteiger partial charge in [0.2, 0.25) is 0 Å². The van der Waals surface area contributed by atoms with Crippen molar-refractivity contribution in [1.82, 2.24) is 0 Å². The highest BCUT2D eigenvalue weighted by molar-refractivity contribution is 6.06. The maximum Gasteiger partial charge on any atom is 0.135 e. The fourth-order valence-electron chi connectivity index (χ4n) is 9.49. The Hall–Kier alpha value is -8.72. The molecule has 0 fully saturated rings. The monoisotopic (exact) mass is 841 g/mol. The van der Waals surface area contributed by atoms with Crippen LogP contribution in [0.2, 0.25) is 0 Å². The van der Waals surface area contributed by atoms with Crippen LogP contribution in [0.5, 0.6) is 0 Å². The molecule has 1 heterocycles. The third kappa shape index (κ3) is 7.41. The van der Waals surface area contributed by atoms with Crippen molar-refractivity contribution in [2.45, 2.75) is 0 Å². The van der Waals surface area contributed by atoms with Crippen molar-refractivity contribution in [1.29, 1.82) is 0 Å². The van der Waals surface area contributed by atoms with Crippen LogP contribution in [0.25, 0.3) is 99.5 Å². The molecule has 66 heavy (non-hydrogen) atoms. The fourth-order valence-corrected chi connectivity index (χ4v) is 9.49. The van der Waals surface area contributed by atoms with E-state index in [-0.39, 0.29) is 0 Å². The minimum Gasteiger partial charge on any atom is -0.456 e. The van der Waals surface area contributed by atoms with E-state index in [9.17, 15) is 0 Å². The van der Waals surface area contributed by atoms with Crippen LogP contribution in [0.4, 0.5) is 17.1 Å². The molecule has 0 spiro atoms. The Balaban J connectivity index is 0.921. The van der Waals surface area contributed by atoms with E-state index in [1.807, 2.05) is 12.1 Å². The van der Waals surface area contributed by atoms with Crippen LogP contribution >= 0.6 is 0 Å². The van der Waals surface area contributed by atoms with Gasteiger partial charge in [-0.05, 0) is 156 Å². The largest absolute Gasteiger partial charge is 0.456 e. The molecule has 0 bridgehead atoms. The predicted octanol–water partition coefficient (Wildman–Crippen LogP) is 18.2. The molecule has 0 amide bonds. The van der Waals surface area contributed by atoms with E-state index in [1.165, 1.54) is 60.8 Å². The Morgan fingerprint density at radius 1 is 0.227 bits per heavy atom. The third-order valence-electron chi connectivity index (χ3n) is 12.9. The second-order valence-electron chi connectivity index (χ2n) is 16.9. The second-order valence-corrected chi connectivity index (χ2v) is 16.9. The van der Waals surface area contributed by atoms with Gasteiger partial charge in [-0.3, -0.25) is 0 Å². The zero-order valence-electron chi connectivity index (χ0n) is 36.2. The highest BCUT2D eigenvalue weighted by atomic mass is 16.3. The van der Waals surface area contributed by atoms with Crippen molar-refractivity contribution < 1.29 is 4.42 Å². The van der Waals surface area contributed by atoms with Gasteiger partial charge in [-0.2, -0.15) is 0 Å². The average molecular weight is 842 g/mol. The molecule has 0 radical (unpaired) electrons. The molecule has 0 saturated carbocycles. The summed E-state index contributed by atoms with van der Waals surface area (Å²) in [6.07, 6.45) is 0. The summed E-state index contributed by atoms with van der Waals surface area (Å²) < 4.78 is 6.15. The first kappa shape index (κ1) is 38.9. The summed E-state index contributed by atoms with van der Waals surface area (Å²) in [6.45, 7) is 0. The standard InChI is InChI=1S/C64H43NO/c1-3-13-44(14-4-1)53-40-54(45-15-5-2-6-16-45)42-55(41-53)48-29-36-58(37-30-48)65(57-34-27-47(28-35-57)51-31-38-64-62(43-51)61-22-9-10-24-63(61)66-64)56-32-25-46(26-33-56)50-19-11-20-52(39-50)60-23-12-18-49-17-7-8-21-59(49)60/h1-43H. The molecule has 1 aromatic heterocycles. The normalized spacial score (nSPS) is 11.3. The lowest BCUT2D eigenvalue weighted by molar-refractivity contribution is 0.669. The van der Waals surface area contributed by atoms with Gasteiger partial charge in [0.25, 0.3) is 0 Å². The number of nitrogens with zero attached hydrogens (tertiary/aromatic N) is 1. The summed E-state index contributed by atoms with van der Waals surface area (Å²) in [4.78, 5) is 2.35. The van der Waals surface area contributed by atoms with Crippen molar-refractivity contribution in [3.63, 3.8) is 0 Å². The molecule has 12 rings (SSSR count). The van der Waals surface area contributed by atoms with Crippen LogP contribution < -0.4 is 4.90 Å². The quantitative estimate of drug-likeness (QED) is 0.144. The lowest BCUT2D eigenvalue weighted by Gasteiger charge is -2.26. The molecular weight excluding hydrogens is 799 g/mol. The fraction of sp³-hybridized carbons (Fsp3) is 0. The Morgan fingerprint density at radius 3 is 1.23 bits per heavy atom. The number of furan rings is 1. The van der Waals surface area contributed by atoms with Crippen LogP contribution in [0.1, 0.15) is 0 Å². The highest BCUT2D eigenvalue weighted by Crippen LogP contribution is 2.41. The number of hydrogen-bond acceptors (Lipinski definition) is 2. The van der Waals surface area contributed by atoms with Crippen molar-refractivity contribution in [2.24, 2.45) is 0 Å². The SMILES string of the molecule is c1ccc(-c2cc(-c3ccccc3)cc(-c3ccc(N(c4ccc(-c5cccc(-c6cccc7ccccc67)c5)cc4)c4ccc(-c5ccc6oc7ccccc7c6c5)cc4)cc3)c2)cc1. The van der Waals surface area contributed by atoms with Gasteiger partial charge in [-0.25, -0.2) is 0 Å². The second kappa shape index (κ2) is 16.8. The zero-order chi connectivity index (χ0) is 43.8. The first-order valence-corrected chi connectivity index (χ1v) is 22.6.